The number of aromatic nitrogens is 2. The predicted octanol–water partition coefficient (Wildman–Crippen LogP) is 2.93. The Hall–Kier alpha value is -0.160. The first-order valence-corrected chi connectivity index (χ1v) is 7.18. The van der Waals surface area contributed by atoms with E-state index in [0.717, 1.165) is 20.9 Å². The van der Waals surface area contributed by atoms with Crippen molar-refractivity contribution in [2.24, 2.45) is 11.8 Å². The van der Waals surface area contributed by atoms with Crippen molar-refractivity contribution in [2.75, 3.05) is 18.0 Å². The van der Waals surface area contributed by atoms with Crippen molar-refractivity contribution in [1.29, 1.82) is 0 Å². The average molecular weight is 288 g/mol. The Morgan fingerprint density at radius 2 is 1.80 bits per heavy atom. The predicted molar refractivity (Wildman–Crippen MR) is 65.3 cm³/mol. The normalized spacial score (nSPS) is 30.6. The van der Waals surface area contributed by atoms with Crippen molar-refractivity contribution in [3.8, 4) is 0 Å². The Labute approximate surface area is 102 Å². The summed E-state index contributed by atoms with van der Waals surface area (Å²) in [6.45, 7) is 2.40. The summed E-state index contributed by atoms with van der Waals surface area (Å²) in [5, 5.41) is 9.32. The summed E-state index contributed by atoms with van der Waals surface area (Å²) in [4.78, 5) is 2.42. The Kier molecular flexibility index (Phi) is 2.68. The van der Waals surface area contributed by atoms with Crippen molar-refractivity contribution in [2.45, 2.75) is 25.7 Å². The van der Waals surface area contributed by atoms with Gasteiger partial charge in [0.1, 0.15) is 0 Å². The van der Waals surface area contributed by atoms with E-state index in [9.17, 15) is 0 Å². The minimum Gasteiger partial charge on any atom is -0.346 e. The summed E-state index contributed by atoms with van der Waals surface area (Å²) >= 11 is 5.03. The third-order valence-corrected chi connectivity index (χ3v) is 5.05. The number of hydrogen-bond acceptors (Lipinski definition) is 4. The number of rotatable bonds is 1. The number of halogens is 1. The molecule has 0 bridgehead atoms. The molecule has 3 rings (SSSR count). The molecule has 0 radical (unpaired) electrons. The molecule has 3 nitrogen and oxygen atoms in total. The molecule has 2 heterocycles. The summed E-state index contributed by atoms with van der Waals surface area (Å²) in [5.74, 6) is 1.84. The quantitative estimate of drug-likeness (QED) is 0.795. The molecule has 0 unspecified atom stereocenters. The number of hydrogen-bond donors (Lipinski definition) is 0. The molecule has 0 amide bonds. The summed E-state index contributed by atoms with van der Waals surface area (Å²) in [6, 6.07) is 0. The SMILES string of the molecule is Brc1nnc(N2C[C@H]3CCCC[C@H]3C2)s1. The fraction of sp³-hybridized carbons (Fsp3) is 0.800. The fourth-order valence-electron chi connectivity index (χ4n) is 2.89. The van der Waals surface area contributed by atoms with Gasteiger partial charge in [0, 0.05) is 13.1 Å². The van der Waals surface area contributed by atoms with Gasteiger partial charge in [-0.1, -0.05) is 24.2 Å². The molecule has 1 aromatic rings. The van der Waals surface area contributed by atoms with Gasteiger partial charge in [-0.2, -0.15) is 0 Å². The zero-order valence-electron chi connectivity index (χ0n) is 8.53. The van der Waals surface area contributed by atoms with Gasteiger partial charge in [-0.05, 0) is 40.6 Å². The van der Waals surface area contributed by atoms with Crippen molar-refractivity contribution in [1.82, 2.24) is 10.2 Å². The van der Waals surface area contributed by atoms with Crippen LogP contribution in [0.4, 0.5) is 5.13 Å². The van der Waals surface area contributed by atoms with Crippen LogP contribution >= 0.6 is 27.3 Å². The molecular weight excluding hydrogens is 274 g/mol. The summed E-state index contributed by atoms with van der Waals surface area (Å²) in [5.41, 5.74) is 0. The van der Waals surface area contributed by atoms with E-state index in [1.807, 2.05) is 0 Å². The number of fused-ring (bicyclic) bond motifs is 1. The van der Waals surface area contributed by atoms with E-state index in [2.05, 4.69) is 31.0 Å². The van der Waals surface area contributed by atoms with E-state index in [0.29, 0.717) is 0 Å². The average Bonchev–Trinajstić information content (AvgIpc) is 2.82. The van der Waals surface area contributed by atoms with E-state index in [1.54, 1.807) is 11.3 Å². The van der Waals surface area contributed by atoms with Crippen molar-refractivity contribution in [3.63, 3.8) is 0 Å². The standard InChI is InChI=1S/C10H14BrN3S/c11-9-12-13-10(15-9)14-5-7-3-1-2-4-8(7)6-14/h7-8H,1-6H2/t7-,8+. The van der Waals surface area contributed by atoms with E-state index in [-0.39, 0.29) is 0 Å². The second-order valence-corrected chi connectivity index (χ2v) is 6.78. The van der Waals surface area contributed by atoms with E-state index in [1.165, 1.54) is 38.8 Å². The molecule has 1 aromatic heterocycles. The minimum absolute atomic E-state index is 0.896. The lowest BCUT2D eigenvalue weighted by molar-refractivity contribution is 0.299. The van der Waals surface area contributed by atoms with Gasteiger partial charge in [0.25, 0.3) is 0 Å². The molecular formula is C10H14BrN3S. The van der Waals surface area contributed by atoms with Gasteiger partial charge in [0.2, 0.25) is 5.13 Å². The second-order valence-electron chi connectivity index (χ2n) is 4.55. The van der Waals surface area contributed by atoms with Crippen LogP contribution < -0.4 is 4.90 Å². The minimum atomic E-state index is 0.896. The molecule has 0 N–H and O–H groups in total. The monoisotopic (exact) mass is 287 g/mol. The van der Waals surface area contributed by atoms with Gasteiger partial charge < -0.3 is 4.90 Å². The smallest absolute Gasteiger partial charge is 0.209 e. The van der Waals surface area contributed by atoms with E-state index in [4.69, 9.17) is 0 Å². The summed E-state index contributed by atoms with van der Waals surface area (Å²) < 4.78 is 0.896. The largest absolute Gasteiger partial charge is 0.346 e. The van der Waals surface area contributed by atoms with Gasteiger partial charge in [-0.25, -0.2) is 0 Å². The van der Waals surface area contributed by atoms with Gasteiger partial charge in [-0.3, -0.25) is 0 Å². The highest BCUT2D eigenvalue weighted by Gasteiger charge is 2.35. The Morgan fingerprint density at radius 3 is 2.33 bits per heavy atom. The summed E-state index contributed by atoms with van der Waals surface area (Å²) in [7, 11) is 0. The number of anilines is 1. The van der Waals surface area contributed by atoms with Crippen LogP contribution in [0.5, 0.6) is 0 Å². The Bertz CT molecular complexity index is 340. The maximum absolute atomic E-state index is 4.20. The van der Waals surface area contributed by atoms with Crippen LogP contribution in [-0.4, -0.2) is 23.3 Å². The zero-order valence-corrected chi connectivity index (χ0v) is 10.9. The van der Waals surface area contributed by atoms with Gasteiger partial charge in [0.15, 0.2) is 3.92 Å². The van der Waals surface area contributed by atoms with Crippen LogP contribution in [0.1, 0.15) is 25.7 Å². The van der Waals surface area contributed by atoms with Gasteiger partial charge in [0.05, 0.1) is 0 Å². The lowest BCUT2D eigenvalue weighted by atomic mass is 9.82. The molecule has 5 heteroatoms. The number of nitrogens with zero attached hydrogens (tertiary/aromatic N) is 3. The summed E-state index contributed by atoms with van der Waals surface area (Å²) in [6.07, 6.45) is 5.69. The molecule has 1 saturated carbocycles. The molecule has 2 aliphatic rings. The lowest BCUT2D eigenvalue weighted by Crippen LogP contribution is -2.19. The maximum Gasteiger partial charge on any atom is 0.209 e. The molecule has 0 aromatic carbocycles. The molecule has 1 aliphatic heterocycles. The Morgan fingerprint density at radius 1 is 1.13 bits per heavy atom. The van der Waals surface area contributed by atoms with Crippen molar-refractivity contribution < 1.29 is 0 Å². The third kappa shape index (κ3) is 1.91. The van der Waals surface area contributed by atoms with E-state index < -0.39 is 0 Å². The highest BCUT2D eigenvalue weighted by Crippen LogP contribution is 2.39. The first-order valence-electron chi connectivity index (χ1n) is 5.57. The van der Waals surface area contributed by atoms with Crippen LogP contribution in [0.15, 0.2) is 3.92 Å². The van der Waals surface area contributed by atoms with Gasteiger partial charge in [-0.15, -0.1) is 10.2 Å². The van der Waals surface area contributed by atoms with Crippen LogP contribution in [0.2, 0.25) is 0 Å². The van der Waals surface area contributed by atoms with Crippen molar-refractivity contribution in [3.05, 3.63) is 3.92 Å². The Balaban J connectivity index is 1.74. The third-order valence-electron chi connectivity index (χ3n) is 3.64. The van der Waals surface area contributed by atoms with Gasteiger partial charge >= 0.3 is 0 Å². The second kappa shape index (κ2) is 4.01. The molecule has 1 saturated heterocycles. The molecule has 0 spiro atoms. The highest BCUT2D eigenvalue weighted by molar-refractivity contribution is 9.11. The zero-order chi connectivity index (χ0) is 10.3. The van der Waals surface area contributed by atoms with Crippen LogP contribution in [0, 0.1) is 11.8 Å². The molecule has 82 valence electrons. The maximum atomic E-state index is 4.20. The first-order chi connectivity index (χ1) is 7.33. The topological polar surface area (TPSA) is 29.0 Å². The molecule has 2 atom stereocenters. The van der Waals surface area contributed by atoms with Crippen LogP contribution in [0.25, 0.3) is 0 Å². The first kappa shape index (κ1) is 10.0. The molecule has 1 aliphatic carbocycles. The highest BCUT2D eigenvalue weighted by atomic mass is 79.9. The van der Waals surface area contributed by atoms with Crippen LogP contribution in [-0.2, 0) is 0 Å². The lowest BCUT2D eigenvalue weighted by Gasteiger charge is -2.22. The molecule has 2 fully saturated rings. The molecule has 15 heavy (non-hydrogen) atoms. The van der Waals surface area contributed by atoms with Crippen molar-refractivity contribution >= 4 is 32.4 Å². The fourth-order valence-corrected chi connectivity index (χ4v) is 3.99. The van der Waals surface area contributed by atoms with Crippen LogP contribution in [0.3, 0.4) is 0 Å². The van der Waals surface area contributed by atoms with E-state index >= 15 is 0 Å².